The van der Waals surface area contributed by atoms with E-state index in [0.717, 1.165) is 16.8 Å². The molecule has 0 aliphatic rings. The van der Waals surface area contributed by atoms with Crippen LogP contribution in [0.3, 0.4) is 0 Å². The largest absolute Gasteiger partial charge is 0.475 e. The first-order chi connectivity index (χ1) is 13.4. The van der Waals surface area contributed by atoms with E-state index in [4.69, 9.17) is 5.11 Å². The summed E-state index contributed by atoms with van der Waals surface area (Å²) in [5, 5.41) is 8.76. The summed E-state index contributed by atoms with van der Waals surface area (Å²) in [5.74, 6) is -3.70. The molecule has 1 heterocycles. The zero-order chi connectivity index (χ0) is 20.1. The van der Waals surface area contributed by atoms with Crippen molar-refractivity contribution >= 4 is 17.5 Å². The number of carboxylic acid groups (broad SMARTS) is 1. The number of Topliss-reactive ketones (excluding diaryl/α,β-unsaturated/α-hetero) is 2. The molecule has 3 rings (SSSR count). The number of rotatable bonds is 8. The van der Waals surface area contributed by atoms with Crippen LogP contribution in [0, 0.1) is 5.82 Å². The first-order valence-electron chi connectivity index (χ1n) is 8.70. The minimum absolute atomic E-state index is 0.254. The summed E-state index contributed by atoms with van der Waals surface area (Å²) in [6.45, 7) is 0.303. The van der Waals surface area contributed by atoms with Crippen molar-refractivity contribution in [2.24, 2.45) is 0 Å². The predicted octanol–water partition coefficient (Wildman–Crippen LogP) is 3.49. The highest BCUT2D eigenvalue weighted by Crippen LogP contribution is 2.18. The number of aliphatic carboxylic acids is 1. The standard InChI is InChI=1S/C22H18FNO4/c23-17-8-6-16(7-9-17)14-24-18(12-15-4-2-1-3-5-15)10-11-19(24)20(25)13-21(26)22(27)28/h1-11H,12-14H2,(H,27,28). The molecule has 0 atom stereocenters. The molecule has 0 fully saturated rings. The van der Waals surface area contributed by atoms with Crippen molar-refractivity contribution in [1.29, 1.82) is 0 Å². The fourth-order valence-corrected chi connectivity index (χ4v) is 2.98. The second-order valence-electron chi connectivity index (χ2n) is 6.41. The van der Waals surface area contributed by atoms with Crippen LogP contribution in [0.1, 0.15) is 33.7 Å². The number of hydrogen-bond acceptors (Lipinski definition) is 3. The molecule has 0 unspecified atom stereocenters. The third-order valence-electron chi connectivity index (χ3n) is 4.40. The average Bonchev–Trinajstić information content (AvgIpc) is 3.06. The molecule has 142 valence electrons. The minimum atomic E-state index is -1.63. The van der Waals surface area contributed by atoms with Crippen LogP contribution < -0.4 is 0 Å². The monoisotopic (exact) mass is 379 g/mol. The Morgan fingerprint density at radius 2 is 1.54 bits per heavy atom. The molecule has 6 heteroatoms. The summed E-state index contributed by atoms with van der Waals surface area (Å²) in [6, 6.07) is 19.0. The maximum absolute atomic E-state index is 13.2. The molecule has 0 aliphatic heterocycles. The number of carboxylic acids is 1. The Morgan fingerprint density at radius 3 is 2.18 bits per heavy atom. The van der Waals surface area contributed by atoms with Gasteiger partial charge in [0.2, 0.25) is 5.78 Å². The van der Waals surface area contributed by atoms with Crippen molar-refractivity contribution < 1.29 is 23.9 Å². The molecule has 0 spiro atoms. The van der Waals surface area contributed by atoms with Crippen molar-refractivity contribution in [3.63, 3.8) is 0 Å². The molecule has 0 saturated carbocycles. The summed E-state index contributed by atoms with van der Waals surface area (Å²) in [5.41, 5.74) is 2.92. The Balaban J connectivity index is 1.94. The van der Waals surface area contributed by atoms with Crippen LogP contribution in [0.2, 0.25) is 0 Å². The number of halogens is 1. The first kappa shape index (κ1) is 19.2. The van der Waals surface area contributed by atoms with E-state index in [2.05, 4.69) is 0 Å². The number of nitrogens with zero attached hydrogens (tertiary/aromatic N) is 1. The van der Waals surface area contributed by atoms with Crippen LogP contribution in [0.5, 0.6) is 0 Å². The molecule has 28 heavy (non-hydrogen) atoms. The van der Waals surface area contributed by atoms with Gasteiger partial charge >= 0.3 is 5.97 Å². The summed E-state index contributed by atoms with van der Waals surface area (Å²) in [7, 11) is 0. The summed E-state index contributed by atoms with van der Waals surface area (Å²) >= 11 is 0. The quantitative estimate of drug-likeness (QED) is 0.369. The number of benzene rings is 2. The van der Waals surface area contributed by atoms with Gasteiger partial charge in [0.05, 0.1) is 12.1 Å². The third kappa shape index (κ3) is 4.59. The fraction of sp³-hybridized carbons (Fsp3) is 0.136. The number of carbonyl (C=O) groups is 3. The molecule has 0 amide bonds. The SMILES string of the molecule is O=C(O)C(=O)CC(=O)c1ccc(Cc2ccccc2)n1Cc1ccc(F)cc1. The maximum atomic E-state index is 13.2. The van der Waals surface area contributed by atoms with E-state index < -0.39 is 24.0 Å². The van der Waals surface area contributed by atoms with Gasteiger partial charge in [0.25, 0.3) is 0 Å². The van der Waals surface area contributed by atoms with Crippen LogP contribution >= 0.6 is 0 Å². The van der Waals surface area contributed by atoms with Gasteiger partial charge in [-0.1, -0.05) is 42.5 Å². The lowest BCUT2D eigenvalue weighted by atomic mass is 10.1. The van der Waals surface area contributed by atoms with E-state index >= 15 is 0 Å². The van der Waals surface area contributed by atoms with Gasteiger partial charge in [0.15, 0.2) is 5.78 Å². The van der Waals surface area contributed by atoms with Gasteiger partial charge in [-0.3, -0.25) is 9.59 Å². The van der Waals surface area contributed by atoms with E-state index in [1.165, 1.54) is 12.1 Å². The predicted molar refractivity (Wildman–Crippen MR) is 101 cm³/mol. The summed E-state index contributed by atoms with van der Waals surface area (Å²) in [4.78, 5) is 34.8. The molecular formula is C22H18FNO4. The van der Waals surface area contributed by atoms with Crippen LogP contribution in [0.15, 0.2) is 66.7 Å². The molecule has 0 saturated heterocycles. The second kappa shape index (κ2) is 8.43. The lowest BCUT2D eigenvalue weighted by Gasteiger charge is -2.13. The molecule has 0 bridgehead atoms. The van der Waals surface area contributed by atoms with Crippen LogP contribution in [0.4, 0.5) is 4.39 Å². The second-order valence-corrected chi connectivity index (χ2v) is 6.41. The van der Waals surface area contributed by atoms with Gasteiger partial charge in [-0.25, -0.2) is 9.18 Å². The molecule has 0 radical (unpaired) electrons. The van der Waals surface area contributed by atoms with E-state index in [9.17, 15) is 18.8 Å². The zero-order valence-electron chi connectivity index (χ0n) is 15.0. The van der Waals surface area contributed by atoms with Gasteiger partial charge in [-0.2, -0.15) is 0 Å². The van der Waals surface area contributed by atoms with Crippen LogP contribution in [-0.2, 0) is 22.6 Å². The highest BCUT2D eigenvalue weighted by Gasteiger charge is 2.21. The Morgan fingerprint density at radius 1 is 0.857 bits per heavy atom. The Kier molecular flexibility index (Phi) is 5.79. The van der Waals surface area contributed by atoms with Gasteiger partial charge in [0.1, 0.15) is 5.82 Å². The van der Waals surface area contributed by atoms with E-state index in [1.807, 2.05) is 30.3 Å². The molecular weight excluding hydrogens is 361 g/mol. The van der Waals surface area contributed by atoms with Crippen molar-refractivity contribution in [1.82, 2.24) is 4.57 Å². The van der Waals surface area contributed by atoms with Crippen molar-refractivity contribution in [2.45, 2.75) is 19.4 Å². The number of carbonyl (C=O) groups excluding carboxylic acids is 2. The van der Waals surface area contributed by atoms with Gasteiger partial charge in [0, 0.05) is 18.7 Å². The van der Waals surface area contributed by atoms with E-state index in [-0.39, 0.29) is 11.5 Å². The van der Waals surface area contributed by atoms with Gasteiger partial charge in [-0.15, -0.1) is 0 Å². The van der Waals surface area contributed by atoms with Crippen molar-refractivity contribution in [2.75, 3.05) is 0 Å². The van der Waals surface area contributed by atoms with Gasteiger partial charge < -0.3 is 9.67 Å². The summed E-state index contributed by atoms with van der Waals surface area (Å²) in [6.07, 6.45) is -0.143. The topological polar surface area (TPSA) is 76.4 Å². The van der Waals surface area contributed by atoms with Crippen molar-refractivity contribution in [3.05, 3.63) is 95.1 Å². The lowest BCUT2D eigenvalue weighted by molar-refractivity contribution is -0.148. The Bertz CT molecular complexity index is 1010. The molecule has 1 N–H and O–H groups in total. The minimum Gasteiger partial charge on any atom is -0.475 e. The Labute approximate surface area is 161 Å². The number of hydrogen-bond donors (Lipinski definition) is 1. The molecule has 5 nitrogen and oxygen atoms in total. The molecule has 3 aromatic rings. The molecule has 0 aliphatic carbocycles. The first-order valence-corrected chi connectivity index (χ1v) is 8.70. The van der Waals surface area contributed by atoms with E-state index in [0.29, 0.717) is 13.0 Å². The zero-order valence-corrected chi connectivity index (χ0v) is 15.0. The number of aromatic nitrogens is 1. The van der Waals surface area contributed by atoms with Crippen LogP contribution in [0.25, 0.3) is 0 Å². The van der Waals surface area contributed by atoms with Crippen molar-refractivity contribution in [3.8, 4) is 0 Å². The summed E-state index contributed by atoms with van der Waals surface area (Å²) < 4.78 is 15.0. The highest BCUT2D eigenvalue weighted by molar-refractivity contribution is 6.37. The third-order valence-corrected chi connectivity index (χ3v) is 4.40. The Hall–Kier alpha value is -3.54. The van der Waals surface area contributed by atoms with Gasteiger partial charge in [-0.05, 0) is 35.4 Å². The highest BCUT2D eigenvalue weighted by atomic mass is 19.1. The normalized spacial score (nSPS) is 10.6. The smallest absolute Gasteiger partial charge is 0.372 e. The van der Waals surface area contributed by atoms with Crippen LogP contribution in [-0.4, -0.2) is 27.2 Å². The maximum Gasteiger partial charge on any atom is 0.372 e. The molecule has 1 aromatic heterocycles. The number of ketones is 2. The average molecular weight is 379 g/mol. The fourth-order valence-electron chi connectivity index (χ4n) is 2.98. The van der Waals surface area contributed by atoms with E-state index in [1.54, 1.807) is 28.8 Å². The molecule has 2 aromatic carbocycles. The lowest BCUT2D eigenvalue weighted by Crippen LogP contribution is -2.20.